The molecule has 0 unspecified atom stereocenters. The Kier molecular flexibility index (Phi) is 10.9. The van der Waals surface area contributed by atoms with Crippen LogP contribution >= 0.6 is 0 Å². The van der Waals surface area contributed by atoms with Crippen LogP contribution in [0.5, 0.6) is 0 Å². The molecule has 0 N–H and O–H groups in total. The van der Waals surface area contributed by atoms with Crippen molar-refractivity contribution in [2.45, 2.75) is 126 Å². The van der Waals surface area contributed by atoms with E-state index in [1.54, 1.807) is 0 Å². The molecule has 1 saturated heterocycles. The lowest BCUT2D eigenvalue weighted by Crippen LogP contribution is -2.47. The minimum Gasteiger partial charge on any atom is -0.298 e. The number of hydrogen-bond acceptors (Lipinski definition) is 1. The van der Waals surface area contributed by atoms with E-state index in [1.165, 1.54) is 37.1 Å². The fourth-order valence-electron chi connectivity index (χ4n) is 3.89. The van der Waals surface area contributed by atoms with Gasteiger partial charge in [-0.1, -0.05) is 100 Å². The molecule has 0 spiro atoms. The fourth-order valence-corrected chi connectivity index (χ4v) is 3.89. The van der Waals surface area contributed by atoms with Gasteiger partial charge in [-0.3, -0.25) is 4.90 Å². The van der Waals surface area contributed by atoms with Crippen LogP contribution < -0.4 is 0 Å². The first-order chi connectivity index (χ1) is 13.4. The van der Waals surface area contributed by atoms with E-state index >= 15 is 0 Å². The van der Waals surface area contributed by atoms with Gasteiger partial charge in [0.2, 0.25) is 0 Å². The molecule has 0 aliphatic carbocycles. The van der Waals surface area contributed by atoms with Gasteiger partial charge >= 0.3 is 0 Å². The van der Waals surface area contributed by atoms with Gasteiger partial charge in [-0.05, 0) is 80.0 Å². The van der Waals surface area contributed by atoms with E-state index in [-0.39, 0.29) is 10.8 Å². The largest absolute Gasteiger partial charge is 0.298 e. The number of rotatable bonds is 0. The van der Waals surface area contributed by atoms with Gasteiger partial charge in [0.15, 0.2) is 0 Å². The molecule has 1 heterocycles. The van der Waals surface area contributed by atoms with Gasteiger partial charge < -0.3 is 0 Å². The Bertz CT molecular complexity index is 519. The van der Waals surface area contributed by atoms with Crippen molar-refractivity contribution >= 4 is 0 Å². The molecular formula is C29H55N. The summed E-state index contributed by atoms with van der Waals surface area (Å²) in [5, 5.41) is 0. The van der Waals surface area contributed by atoms with Gasteiger partial charge in [-0.2, -0.15) is 0 Å². The zero-order chi connectivity index (χ0) is 24.0. The molecule has 0 amide bonds. The highest BCUT2D eigenvalue weighted by molar-refractivity contribution is 5.30. The molecule has 0 radical (unpaired) electrons. The summed E-state index contributed by atoms with van der Waals surface area (Å²) >= 11 is 0. The lowest BCUT2D eigenvalue weighted by atomic mass is 9.75. The highest BCUT2D eigenvalue weighted by atomic mass is 15.2. The van der Waals surface area contributed by atoms with Crippen molar-refractivity contribution in [2.75, 3.05) is 13.1 Å². The third-order valence-electron chi connectivity index (χ3n) is 6.29. The van der Waals surface area contributed by atoms with Gasteiger partial charge in [-0.25, -0.2) is 0 Å². The number of nitrogens with zero attached hydrogens (tertiary/aromatic N) is 1. The summed E-state index contributed by atoms with van der Waals surface area (Å²) in [4.78, 5) is 2.62. The van der Waals surface area contributed by atoms with E-state index in [4.69, 9.17) is 0 Å². The van der Waals surface area contributed by atoms with Crippen molar-refractivity contribution in [2.24, 2.45) is 11.3 Å². The van der Waals surface area contributed by atoms with Crippen LogP contribution in [0.25, 0.3) is 0 Å². The van der Waals surface area contributed by atoms with Crippen molar-refractivity contribution in [3.05, 3.63) is 35.4 Å². The number of hydrogen-bond donors (Lipinski definition) is 0. The summed E-state index contributed by atoms with van der Waals surface area (Å²) in [7, 11) is 0. The smallest absolute Gasteiger partial charge is 0.0125 e. The second-order valence-corrected chi connectivity index (χ2v) is 12.9. The maximum absolute atomic E-state index is 2.62. The third kappa shape index (κ3) is 9.99. The summed E-state index contributed by atoms with van der Waals surface area (Å²) in [6, 6.07) is 9.00. The van der Waals surface area contributed by atoms with E-state index < -0.39 is 0 Å². The van der Waals surface area contributed by atoms with Crippen LogP contribution in [-0.2, 0) is 10.8 Å². The molecule has 176 valence electrons. The normalized spacial score (nSPS) is 16.9. The standard InChI is InChI=1S/C14H22.C13H27N.C2H6/c1-13(2,3)11-7-9-12(10-8-11)14(4,5)6;1-12(2,3)11-7-9-14(10-8-11)13(4,5)6;1-2/h7-10H,1-6H3;11H,7-10H2,1-6H3;1-2H3. The van der Waals surface area contributed by atoms with Crippen LogP contribution in [-0.4, -0.2) is 23.5 Å². The third-order valence-corrected chi connectivity index (χ3v) is 6.29. The molecule has 1 nitrogen and oxygen atoms in total. The lowest BCUT2D eigenvalue weighted by Gasteiger charge is -2.44. The van der Waals surface area contributed by atoms with Crippen LogP contribution in [0.15, 0.2) is 24.3 Å². The second-order valence-electron chi connectivity index (χ2n) is 12.9. The molecule has 1 heteroatoms. The summed E-state index contributed by atoms with van der Waals surface area (Å²) in [5.74, 6) is 0.918. The Hall–Kier alpha value is -0.820. The zero-order valence-electron chi connectivity index (χ0n) is 23.2. The van der Waals surface area contributed by atoms with Gasteiger partial charge in [0.05, 0.1) is 0 Å². The summed E-state index contributed by atoms with van der Waals surface area (Å²) in [5.41, 5.74) is 4.20. The van der Waals surface area contributed by atoms with Crippen LogP contribution in [0.2, 0.25) is 0 Å². The van der Waals surface area contributed by atoms with Crippen molar-refractivity contribution in [3.63, 3.8) is 0 Å². The van der Waals surface area contributed by atoms with Crippen LogP contribution in [0.4, 0.5) is 0 Å². The molecule has 0 bridgehead atoms. The summed E-state index contributed by atoms with van der Waals surface area (Å²) in [6.07, 6.45) is 2.75. The first-order valence-electron chi connectivity index (χ1n) is 12.3. The van der Waals surface area contributed by atoms with E-state index in [1.807, 2.05) is 13.8 Å². The SMILES string of the molecule is CC.CC(C)(C)C1CCN(C(C)(C)C)CC1.CC(C)(C)c1ccc(C(C)(C)C)cc1. The molecule has 0 atom stereocenters. The Labute approximate surface area is 191 Å². The minimum absolute atomic E-state index is 0.260. The van der Waals surface area contributed by atoms with Crippen LogP contribution in [0, 0.1) is 11.3 Å². The molecule has 1 aromatic carbocycles. The van der Waals surface area contributed by atoms with Crippen molar-refractivity contribution in [3.8, 4) is 0 Å². The Morgan fingerprint density at radius 1 is 0.600 bits per heavy atom. The molecule has 30 heavy (non-hydrogen) atoms. The first-order valence-corrected chi connectivity index (χ1v) is 12.3. The number of benzene rings is 1. The molecule has 1 aliphatic rings. The van der Waals surface area contributed by atoms with Gasteiger partial charge in [0.1, 0.15) is 0 Å². The van der Waals surface area contributed by atoms with Crippen molar-refractivity contribution in [1.29, 1.82) is 0 Å². The van der Waals surface area contributed by atoms with Gasteiger partial charge in [-0.15, -0.1) is 0 Å². The predicted octanol–water partition coefficient (Wildman–Crippen LogP) is 8.85. The predicted molar refractivity (Wildman–Crippen MR) is 139 cm³/mol. The Morgan fingerprint density at radius 2 is 0.900 bits per heavy atom. The lowest BCUT2D eigenvalue weighted by molar-refractivity contribution is 0.0532. The molecular weight excluding hydrogens is 362 g/mol. The molecule has 1 aromatic rings. The van der Waals surface area contributed by atoms with Crippen LogP contribution in [0.3, 0.4) is 0 Å². The summed E-state index contributed by atoms with van der Waals surface area (Å²) in [6.45, 7) is 34.2. The Balaban J connectivity index is 0.000000518. The van der Waals surface area contributed by atoms with Crippen molar-refractivity contribution < 1.29 is 0 Å². The second kappa shape index (κ2) is 11.2. The molecule has 0 aromatic heterocycles. The topological polar surface area (TPSA) is 3.24 Å². The average molecular weight is 418 g/mol. The van der Waals surface area contributed by atoms with E-state index in [0.29, 0.717) is 11.0 Å². The number of piperidine rings is 1. The Morgan fingerprint density at radius 3 is 1.10 bits per heavy atom. The fraction of sp³-hybridized carbons (Fsp3) is 0.793. The first kappa shape index (κ1) is 29.2. The van der Waals surface area contributed by atoms with E-state index in [2.05, 4.69) is 112 Å². The molecule has 0 saturated carbocycles. The van der Waals surface area contributed by atoms with Crippen molar-refractivity contribution in [1.82, 2.24) is 4.90 Å². The maximum atomic E-state index is 2.62. The highest BCUT2D eigenvalue weighted by Crippen LogP contribution is 2.35. The van der Waals surface area contributed by atoms with E-state index in [0.717, 1.165) is 5.92 Å². The summed E-state index contributed by atoms with van der Waals surface area (Å²) < 4.78 is 0. The molecule has 1 aliphatic heterocycles. The average Bonchev–Trinajstić information content (AvgIpc) is 2.61. The minimum atomic E-state index is 0.260. The number of likely N-dealkylation sites (tertiary alicyclic amines) is 1. The van der Waals surface area contributed by atoms with E-state index in [9.17, 15) is 0 Å². The van der Waals surface area contributed by atoms with Gasteiger partial charge in [0, 0.05) is 5.54 Å². The maximum Gasteiger partial charge on any atom is 0.0125 e. The molecule has 2 rings (SSSR count). The van der Waals surface area contributed by atoms with Gasteiger partial charge in [0.25, 0.3) is 0 Å². The highest BCUT2D eigenvalue weighted by Gasteiger charge is 2.32. The molecule has 1 fully saturated rings. The van der Waals surface area contributed by atoms with Crippen LogP contribution in [0.1, 0.15) is 121 Å². The quantitative estimate of drug-likeness (QED) is 0.407. The zero-order valence-corrected chi connectivity index (χ0v) is 23.2. The monoisotopic (exact) mass is 417 g/mol.